The summed E-state index contributed by atoms with van der Waals surface area (Å²) in [5, 5.41) is 15.0. The van der Waals surface area contributed by atoms with E-state index in [1.54, 1.807) is 30.3 Å². The number of rotatable bonds is 7. The van der Waals surface area contributed by atoms with Crippen LogP contribution in [0, 0.1) is 21.4 Å². The fourth-order valence-corrected chi connectivity index (χ4v) is 4.59. The van der Waals surface area contributed by atoms with Gasteiger partial charge in [-0.2, -0.15) is 5.10 Å². The number of amides is 1. The van der Waals surface area contributed by atoms with Crippen molar-refractivity contribution in [2.75, 3.05) is 13.6 Å². The number of ether oxygens (including phenoxy) is 1. The highest BCUT2D eigenvalue weighted by Crippen LogP contribution is 2.43. The Bertz CT molecular complexity index is 778. The molecule has 9 nitrogen and oxygen atoms in total. The summed E-state index contributed by atoms with van der Waals surface area (Å²) < 4.78 is 11.9. The molecule has 1 amide bonds. The van der Waals surface area contributed by atoms with E-state index in [1.165, 1.54) is 12.1 Å². The Balaban J connectivity index is 2.23. The van der Waals surface area contributed by atoms with Crippen molar-refractivity contribution in [3.05, 3.63) is 39.9 Å². The van der Waals surface area contributed by atoms with Crippen molar-refractivity contribution in [2.24, 2.45) is 16.4 Å². The number of carbonyl (C=O) groups excluding carboxylic acids is 1. The maximum Gasteiger partial charge on any atom is 0.412 e. The van der Waals surface area contributed by atoms with Gasteiger partial charge < -0.3 is 14.6 Å². The van der Waals surface area contributed by atoms with Crippen LogP contribution in [0.3, 0.4) is 0 Å². The molecule has 0 aromatic heterocycles. The van der Waals surface area contributed by atoms with Gasteiger partial charge in [0, 0.05) is 32.1 Å². The standard InChI is InChI=1S/C20H32N4O5Si/c1-19(2,3)16-11-20(14-22-21-4,29-30(5)6)23(12-16)18(25)28-13-15-7-9-17(10-8-15)24(26)27/h7-10,14,16,21,30H,11-13H2,1-6H3/b22-14+/t16-,20-/m0/s1. The van der Waals surface area contributed by atoms with Crippen molar-refractivity contribution in [2.45, 2.75) is 52.6 Å². The fraction of sp³-hybridized carbons (Fsp3) is 0.600. The molecule has 0 spiro atoms. The van der Waals surface area contributed by atoms with Crippen molar-refractivity contribution in [1.29, 1.82) is 0 Å². The number of hydrazone groups is 1. The van der Waals surface area contributed by atoms with E-state index in [-0.39, 0.29) is 23.6 Å². The largest absolute Gasteiger partial charge is 0.444 e. The molecule has 10 heteroatoms. The van der Waals surface area contributed by atoms with Gasteiger partial charge in [-0.25, -0.2) is 4.79 Å². The van der Waals surface area contributed by atoms with Gasteiger partial charge in [-0.05, 0) is 42.1 Å². The van der Waals surface area contributed by atoms with E-state index in [0.717, 1.165) is 0 Å². The third-order valence-corrected chi connectivity index (χ3v) is 6.07. The summed E-state index contributed by atoms with van der Waals surface area (Å²) in [6.45, 7) is 11.1. The Morgan fingerprint density at radius 2 is 2.03 bits per heavy atom. The molecule has 2 rings (SSSR count). The number of nitrogens with zero attached hydrogens (tertiary/aromatic N) is 3. The van der Waals surface area contributed by atoms with Crippen LogP contribution in [-0.4, -0.2) is 50.5 Å². The van der Waals surface area contributed by atoms with E-state index in [4.69, 9.17) is 9.16 Å². The molecule has 1 N–H and O–H groups in total. The Morgan fingerprint density at radius 3 is 2.53 bits per heavy atom. The molecular formula is C20H32N4O5Si. The quantitative estimate of drug-likeness (QED) is 0.303. The van der Waals surface area contributed by atoms with Crippen LogP contribution >= 0.6 is 0 Å². The monoisotopic (exact) mass is 436 g/mol. The van der Waals surface area contributed by atoms with Crippen molar-refractivity contribution in [3.8, 4) is 0 Å². The van der Waals surface area contributed by atoms with Gasteiger partial charge in [0.25, 0.3) is 5.69 Å². The molecule has 1 aromatic carbocycles. The van der Waals surface area contributed by atoms with Crippen molar-refractivity contribution in [3.63, 3.8) is 0 Å². The Hall–Kier alpha value is -2.46. The van der Waals surface area contributed by atoms with E-state index >= 15 is 0 Å². The molecule has 2 atom stereocenters. The predicted molar refractivity (Wildman–Crippen MR) is 118 cm³/mol. The van der Waals surface area contributed by atoms with Crippen LogP contribution in [0.1, 0.15) is 32.8 Å². The van der Waals surface area contributed by atoms with Gasteiger partial charge in [0.15, 0.2) is 14.8 Å². The van der Waals surface area contributed by atoms with Crippen LogP contribution < -0.4 is 5.43 Å². The lowest BCUT2D eigenvalue weighted by Gasteiger charge is -2.36. The molecular weight excluding hydrogens is 404 g/mol. The first-order valence-electron chi connectivity index (χ1n) is 10.0. The zero-order valence-corrected chi connectivity index (χ0v) is 19.7. The zero-order valence-electron chi connectivity index (χ0n) is 18.5. The Kier molecular flexibility index (Phi) is 7.59. The van der Waals surface area contributed by atoms with Crippen molar-refractivity contribution < 1.29 is 18.9 Å². The van der Waals surface area contributed by atoms with Crippen LogP contribution in [0.2, 0.25) is 13.1 Å². The highest BCUT2D eigenvalue weighted by molar-refractivity contribution is 6.48. The first kappa shape index (κ1) is 23.8. The lowest BCUT2D eigenvalue weighted by molar-refractivity contribution is -0.384. The first-order chi connectivity index (χ1) is 14.0. The summed E-state index contributed by atoms with van der Waals surface area (Å²) in [5.74, 6) is 0.209. The number of likely N-dealkylation sites (tertiary alicyclic amines) is 1. The van der Waals surface area contributed by atoms with Crippen molar-refractivity contribution in [1.82, 2.24) is 10.3 Å². The maximum absolute atomic E-state index is 13.1. The summed E-state index contributed by atoms with van der Waals surface area (Å²) in [6.07, 6.45) is 1.82. The number of nitrogens with one attached hydrogen (secondary N) is 1. The molecule has 1 aliphatic heterocycles. The average Bonchev–Trinajstić information content (AvgIpc) is 3.04. The molecule has 166 valence electrons. The molecule has 1 saturated heterocycles. The Labute approximate surface area is 179 Å². The highest BCUT2D eigenvalue weighted by Gasteiger charge is 2.52. The van der Waals surface area contributed by atoms with Crippen LogP contribution in [0.5, 0.6) is 0 Å². The minimum atomic E-state index is -1.52. The molecule has 0 unspecified atom stereocenters. The van der Waals surface area contributed by atoms with Crippen LogP contribution in [0.25, 0.3) is 0 Å². The normalized spacial score (nSPS) is 22.0. The number of hydrogen-bond donors (Lipinski definition) is 1. The van der Waals surface area contributed by atoms with E-state index in [0.29, 0.717) is 18.5 Å². The third-order valence-electron chi connectivity index (χ3n) is 5.19. The third kappa shape index (κ3) is 5.79. The molecule has 0 saturated carbocycles. The highest BCUT2D eigenvalue weighted by atomic mass is 28.3. The summed E-state index contributed by atoms with van der Waals surface area (Å²) in [4.78, 5) is 25.0. The summed E-state index contributed by atoms with van der Waals surface area (Å²) >= 11 is 0. The van der Waals surface area contributed by atoms with Gasteiger partial charge in [0.05, 0.1) is 11.1 Å². The maximum atomic E-state index is 13.1. The molecule has 1 heterocycles. The Morgan fingerprint density at radius 1 is 1.40 bits per heavy atom. The SMILES string of the molecule is CN/N=C/[C@@]1(O[SiH](C)C)C[C@H](C(C)(C)C)CN1C(=O)OCc1ccc([N+](=O)[O-])cc1. The summed E-state index contributed by atoms with van der Waals surface area (Å²) in [6, 6.07) is 5.96. The second kappa shape index (κ2) is 9.56. The van der Waals surface area contributed by atoms with Gasteiger partial charge >= 0.3 is 6.09 Å². The van der Waals surface area contributed by atoms with E-state index in [1.807, 2.05) is 0 Å². The van der Waals surface area contributed by atoms with Gasteiger partial charge in [-0.3, -0.25) is 15.0 Å². The number of nitro benzene ring substituents is 1. The van der Waals surface area contributed by atoms with E-state index < -0.39 is 25.8 Å². The van der Waals surface area contributed by atoms with Crippen LogP contribution in [0.4, 0.5) is 10.5 Å². The van der Waals surface area contributed by atoms with E-state index in [2.05, 4.69) is 44.4 Å². The predicted octanol–water partition coefficient (Wildman–Crippen LogP) is 3.50. The lowest BCUT2D eigenvalue weighted by Crippen LogP contribution is -2.53. The molecule has 30 heavy (non-hydrogen) atoms. The van der Waals surface area contributed by atoms with E-state index in [9.17, 15) is 14.9 Å². The topological polar surface area (TPSA) is 106 Å². The number of nitro groups is 1. The zero-order chi connectivity index (χ0) is 22.5. The lowest BCUT2D eigenvalue weighted by atomic mass is 9.79. The summed E-state index contributed by atoms with van der Waals surface area (Å²) in [7, 11) is 0.177. The minimum Gasteiger partial charge on any atom is -0.444 e. The van der Waals surface area contributed by atoms with Crippen LogP contribution in [0.15, 0.2) is 29.4 Å². The number of carbonyl (C=O) groups is 1. The second-order valence-electron chi connectivity index (χ2n) is 8.85. The average molecular weight is 437 g/mol. The first-order valence-corrected chi connectivity index (χ1v) is 12.8. The summed E-state index contributed by atoms with van der Waals surface area (Å²) in [5.41, 5.74) is 2.45. The van der Waals surface area contributed by atoms with Crippen molar-refractivity contribution >= 4 is 27.0 Å². The van der Waals surface area contributed by atoms with Gasteiger partial charge in [0.1, 0.15) is 6.61 Å². The molecule has 1 aromatic rings. The fourth-order valence-electron chi connectivity index (χ4n) is 3.49. The number of non-ortho nitro benzene ring substituents is 1. The molecule has 1 fully saturated rings. The molecule has 0 bridgehead atoms. The minimum absolute atomic E-state index is 0.00442. The number of hydrogen-bond acceptors (Lipinski definition) is 7. The second-order valence-corrected chi connectivity index (χ2v) is 11.2. The van der Waals surface area contributed by atoms with Gasteiger partial charge in [0.2, 0.25) is 0 Å². The molecule has 1 aliphatic rings. The number of benzene rings is 1. The van der Waals surface area contributed by atoms with Gasteiger partial charge in [-0.15, -0.1) is 0 Å². The van der Waals surface area contributed by atoms with Crippen LogP contribution in [-0.2, 0) is 15.8 Å². The van der Waals surface area contributed by atoms with Gasteiger partial charge in [-0.1, -0.05) is 20.8 Å². The smallest absolute Gasteiger partial charge is 0.412 e. The molecule has 0 aliphatic carbocycles. The molecule has 0 radical (unpaired) electrons.